The van der Waals surface area contributed by atoms with Crippen LogP contribution in [-0.4, -0.2) is 24.4 Å². The van der Waals surface area contributed by atoms with Crippen LogP contribution in [0.5, 0.6) is 0 Å². The van der Waals surface area contributed by atoms with Crippen LogP contribution in [-0.2, 0) is 9.59 Å². The van der Waals surface area contributed by atoms with Gasteiger partial charge in [-0.3, -0.25) is 9.59 Å². The van der Waals surface area contributed by atoms with Gasteiger partial charge in [0.15, 0.2) is 0 Å². The number of carbonyl (C=O) groups excluding carboxylic acids is 2. The Morgan fingerprint density at radius 3 is 2.43 bits per heavy atom. The second-order valence-electron chi connectivity index (χ2n) is 6.32. The molecule has 3 rings (SSSR count). The summed E-state index contributed by atoms with van der Waals surface area (Å²) in [7, 11) is 0. The fourth-order valence-electron chi connectivity index (χ4n) is 3.41. The Labute approximate surface area is 133 Å². The quantitative estimate of drug-likeness (QED) is 0.930. The molecule has 1 heterocycles. The number of anilines is 1. The highest BCUT2D eigenvalue weighted by Gasteiger charge is 2.38. The molecule has 0 bridgehead atoms. The van der Waals surface area contributed by atoms with Crippen molar-refractivity contribution in [2.75, 3.05) is 11.4 Å². The molecule has 124 valence electrons. The summed E-state index contributed by atoms with van der Waals surface area (Å²) in [4.78, 5) is 25.5. The number of halogens is 2. The Kier molecular flexibility index (Phi) is 4.59. The molecule has 0 spiro atoms. The molecule has 2 aliphatic rings. The van der Waals surface area contributed by atoms with Gasteiger partial charge in [0.05, 0.1) is 5.92 Å². The van der Waals surface area contributed by atoms with Crippen molar-refractivity contribution in [3.05, 3.63) is 29.8 Å². The van der Waals surface area contributed by atoms with Crippen molar-refractivity contribution >= 4 is 17.5 Å². The molecule has 0 aromatic heterocycles. The van der Waals surface area contributed by atoms with Crippen LogP contribution in [0.15, 0.2) is 18.2 Å². The van der Waals surface area contributed by atoms with Crippen LogP contribution in [0.1, 0.15) is 38.5 Å². The Morgan fingerprint density at radius 1 is 1.13 bits per heavy atom. The van der Waals surface area contributed by atoms with Gasteiger partial charge in [-0.2, -0.15) is 0 Å². The molecule has 1 saturated heterocycles. The third kappa shape index (κ3) is 3.35. The summed E-state index contributed by atoms with van der Waals surface area (Å²) in [5, 5.41) is 2.98. The first kappa shape index (κ1) is 15.9. The predicted octanol–water partition coefficient (Wildman–Crippen LogP) is 2.77. The summed E-state index contributed by atoms with van der Waals surface area (Å²) in [5.74, 6) is -2.73. The largest absolute Gasteiger partial charge is 0.353 e. The minimum Gasteiger partial charge on any atom is -0.353 e. The van der Waals surface area contributed by atoms with E-state index in [1.165, 1.54) is 12.5 Å². The lowest BCUT2D eigenvalue weighted by Crippen LogP contribution is -2.40. The van der Waals surface area contributed by atoms with Gasteiger partial charge >= 0.3 is 0 Å². The molecule has 1 aliphatic heterocycles. The maximum absolute atomic E-state index is 13.8. The third-order valence-electron chi connectivity index (χ3n) is 4.65. The number of carbonyl (C=O) groups is 2. The van der Waals surface area contributed by atoms with Gasteiger partial charge in [0.25, 0.3) is 0 Å². The Hall–Kier alpha value is -1.98. The Balaban J connectivity index is 1.68. The highest BCUT2D eigenvalue weighted by Crippen LogP contribution is 2.30. The predicted molar refractivity (Wildman–Crippen MR) is 81.8 cm³/mol. The van der Waals surface area contributed by atoms with Crippen LogP contribution in [0.3, 0.4) is 0 Å². The van der Waals surface area contributed by atoms with Crippen molar-refractivity contribution in [2.45, 2.75) is 44.6 Å². The van der Waals surface area contributed by atoms with E-state index in [1.54, 1.807) is 0 Å². The first-order valence-electron chi connectivity index (χ1n) is 8.11. The minimum absolute atomic E-state index is 0.00761. The molecule has 6 heteroatoms. The number of nitrogens with one attached hydrogen (secondary N) is 1. The molecule has 2 amide bonds. The number of hydrogen-bond acceptors (Lipinski definition) is 2. The van der Waals surface area contributed by atoms with Crippen LogP contribution in [0.2, 0.25) is 0 Å². The number of amides is 2. The third-order valence-corrected chi connectivity index (χ3v) is 4.65. The second-order valence-corrected chi connectivity index (χ2v) is 6.32. The molecule has 1 N–H and O–H groups in total. The highest BCUT2D eigenvalue weighted by atomic mass is 19.1. The molecule has 1 aromatic carbocycles. The van der Waals surface area contributed by atoms with Crippen molar-refractivity contribution in [2.24, 2.45) is 5.92 Å². The molecule has 0 radical (unpaired) electrons. The van der Waals surface area contributed by atoms with Crippen LogP contribution < -0.4 is 10.2 Å². The van der Waals surface area contributed by atoms with Gasteiger partial charge in [0.1, 0.15) is 17.3 Å². The van der Waals surface area contributed by atoms with Gasteiger partial charge in [0, 0.05) is 19.0 Å². The highest BCUT2D eigenvalue weighted by molar-refractivity contribution is 6.00. The lowest BCUT2D eigenvalue weighted by atomic mass is 9.95. The van der Waals surface area contributed by atoms with E-state index < -0.39 is 23.5 Å². The molecular weight excluding hydrogens is 302 g/mol. The van der Waals surface area contributed by atoms with E-state index in [0.717, 1.165) is 42.7 Å². The van der Waals surface area contributed by atoms with E-state index in [-0.39, 0.29) is 30.6 Å². The van der Waals surface area contributed by atoms with Crippen LogP contribution in [0.4, 0.5) is 14.5 Å². The number of rotatable bonds is 3. The van der Waals surface area contributed by atoms with Crippen LogP contribution in [0.25, 0.3) is 0 Å². The van der Waals surface area contributed by atoms with Crippen molar-refractivity contribution in [1.29, 1.82) is 0 Å². The van der Waals surface area contributed by atoms with Gasteiger partial charge in [-0.15, -0.1) is 0 Å². The number of para-hydroxylation sites is 1. The van der Waals surface area contributed by atoms with Gasteiger partial charge in [-0.25, -0.2) is 8.78 Å². The summed E-state index contributed by atoms with van der Waals surface area (Å²) in [6, 6.07) is 3.63. The van der Waals surface area contributed by atoms with Crippen molar-refractivity contribution in [3.63, 3.8) is 0 Å². The lowest BCUT2D eigenvalue weighted by molar-refractivity contribution is -0.127. The topological polar surface area (TPSA) is 49.4 Å². The fraction of sp³-hybridized carbons (Fsp3) is 0.529. The van der Waals surface area contributed by atoms with Crippen LogP contribution in [0, 0.1) is 17.6 Å². The van der Waals surface area contributed by atoms with E-state index in [0.29, 0.717) is 0 Å². The summed E-state index contributed by atoms with van der Waals surface area (Å²) in [5.41, 5.74) is -0.356. The monoisotopic (exact) mass is 322 g/mol. The number of nitrogens with zero attached hydrogens (tertiary/aromatic N) is 1. The van der Waals surface area contributed by atoms with Crippen molar-refractivity contribution in [3.8, 4) is 0 Å². The first-order chi connectivity index (χ1) is 11.1. The van der Waals surface area contributed by atoms with Gasteiger partial charge in [-0.1, -0.05) is 25.3 Å². The minimum atomic E-state index is -0.785. The average molecular weight is 322 g/mol. The molecule has 4 nitrogen and oxygen atoms in total. The molecule has 2 fully saturated rings. The van der Waals surface area contributed by atoms with E-state index in [1.807, 2.05) is 0 Å². The molecule has 1 aromatic rings. The number of benzene rings is 1. The zero-order valence-electron chi connectivity index (χ0n) is 12.9. The summed E-state index contributed by atoms with van der Waals surface area (Å²) in [6.07, 6.45) is 5.29. The second kappa shape index (κ2) is 6.64. The molecule has 1 unspecified atom stereocenters. The maximum atomic E-state index is 13.8. The molecule has 1 saturated carbocycles. The van der Waals surface area contributed by atoms with E-state index in [2.05, 4.69) is 5.32 Å². The van der Waals surface area contributed by atoms with Gasteiger partial charge < -0.3 is 10.2 Å². The lowest BCUT2D eigenvalue weighted by Gasteiger charge is -2.24. The van der Waals surface area contributed by atoms with Crippen molar-refractivity contribution in [1.82, 2.24) is 5.32 Å². The van der Waals surface area contributed by atoms with Crippen LogP contribution >= 0.6 is 0 Å². The molecule has 23 heavy (non-hydrogen) atoms. The standard InChI is InChI=1S/C17H20F2N2O2/c18-13-7-4-8-14(19)16(13)21-10-11(9-15(21)22)17(23)20-12-5-2-1-3-6-12/h4,7-8,11-12H,1-3,5-6,9-10H2,(H,20,23). The smallest absolute Gasteiger partial charge is 0.228 e. The normalized spacial score (nSPS) is 22.4. The van der Waals surface area contributed by atoms with Gasteiger partial charge in [0.2, 0.25) is 11.8 Å². The molecule has 1 aliphatic carbocycles. The van der Waals surface area contributed by atoms with Crippen molar-refractivity contribution < 1.29 is 18.4 Å². The zero-order chi connectivity index (χ0) is 16.4. The van der Waals surface area contributed by atoms with E-state index in [4.69, 9.17) is 0 Å². The maximum Gasteiger partial charge on any atom is 0.228 e. The van der Waals surface area contributed by atoms with E-state index in [9.17, 15) is 18.4 Å². The summed E-state index contributed by atoms with van der Waals surface area (Å²) >= 11 is 0. The Morgan fingerprint density at radius 2 is 1.78 bits per heavy atom. The SMILES string of the molecule is O=C(NC1CCCCC1)C1CC(=O)N(c2c(F)cccc2F)C1. The fourth-order valence-corrected chi connectivity index (χ4v) is 3.41. The Bertz CT molecular complexity index is 594. The summed E-state index contributed by atoms with van der Waals surface area (Å²) in [6.45, 7) is 0.0231. The van der Waals surface area contributed by atoms with E-state index >= 15 is 0 Å². The zero-order valence-corrected chi connectivity index (χ0v) is 12.9. The molecular formula is C17H20F2N2O2. The summed E-state index contributed by atoms with van der Waals surface area (Å²) < 4.78 is 27.7. The molecule has 1 atom stereocenters. The van der Waals surface area contributed by atoms with Gasteiger partial charge in [-0.05, 0) is 25.0 Å². The first-order valence-corrected chi connectivity index (χ1v) is 8.11. The average Bonchev–Trinajstić information content (AvgIpc) is 2.90. The number of hydrogen-bond donors (Lipinski definition) is 1.